The molecule has 4 aromatic rings. The maximum Gasteiger partial charge on any atom is 0.163 e. The van der Waals surface area contributed by atoms with Crippen molar-refractivity contribution < 1.29 is 0 Å². The number of hydrogen-bond donors (Lipinski definition) is 1. The number of aromatic nitrogens is 2. The number of halogens is 2. The minimum Gasteiger partial charge on any atom is -0.378 e. The van der Waals surface area contributed by atoms with Gasteiger partial charge in [0.2, 0.25) is 0 Å². The second-order valence-corrected chi connectivity index (χ2v) is 7.45. The summed E-state index contributed by atoms with van der Waals surface area (Å²) in [6.45, 7) is 0. The highest BCUT2D eigenvalue weighted by molar-refractivity contribution is 6.36. The molecular weight excluding hydrogens is 391 g/mol. The molecule has 0 aliphatic rings. The zero-order valence-corrected chi connectivity index (χ0v) is 17.0. The van der Waals surface area contributed by atoms with E-state index in [2.05, 4.69) is 22.3 Å². The van der Waals surface area contributed by atoms with Crippen molar-refractivity contribution in [3.05, 3.63) is 76.8 Å². The predicted octanol–water partition coefficient (Wildman–Crippen LogP) is 6.41. The molecule has 4 rings (SSSR count). The summed E-state index contributed by atoms with van der Waals surface area (Å²) in [5, 5.41) is 5.47. The third-order valence-electron chi connectivity index (χ3n) is 4.40. The third-order valence-corrected chi connectivity index (χ3v) is 4.95. The Bertz CT molecular complexity index is 1160. The Morgan fingerprint density at radius 3 is 2.46 bits per heavy atom. The van der Waals surface area contributed by atoms with E-state index in [-0.39, 0.29) is 0 Å². The first-order chi connectivity index (χ1) is 13.5. The van der Waals surface area contributed by atoms with Crippen molar-refractivity contribution in [2.24, 2.45) is 0 Å². The zero-order chi connectivity index (χ0) is 19.7. The van der Waals surface area contributed by atoms with Crippen LogP contribution in [-0.2, 0) is 0 Å². The van der Waals surface area contributed by atoms with Gasteiger partial charge in [0.1, 0.15) is 5.82 Å². The molecule has 3 aromatic carbocycles. The van der Waals surface area contributed by atoms with Crippen LogP contribution in [-0.4, -0.2) is 24.1 Å². The van der Waals surface area contributed by atoms with E-state index in [1.54, 1.807) is 12.1 Å². The van der Waals surface area contributed by atoms with Gasteiger partial charge in [-0.1, -0.05) is 41.4 Å². The summed E-state index contributed by atoms with van der Waals surface area (Å²) in [4.78, 5) is 11.5. The minimum atomic E-state index is 0.517. The fourth-order valence-corrected chi connectivity index (χ4v) is 3.45. The van der Waals surface area contributed by atoms with E-state index in [1.807, 2.05) is 56.6 Å². The Morgan fingerprint density at radius 1 is 0.857 bits per heavy atom. The topological polar surface area (TPSA) is 41.0 Å². The van der Waals surface area contributed by atoms with Crippen molar-refractivity contribution in [1.82, 2.24) is 9.97 Å². The SMILES string of the molecule is CN(C)c1cccc(Nc2nc(-c3ccc(Cl)cc3Cl)nc3ccccc23)c1. The normalized spacial score (nSPS) is 10.9. The number of nitrogens with one attached hydrogen (secondary N) is 1. The monoisotopic (exact) mass is 408 g/mol. The van der Waals surface area contributed by atoms with E-state index in [9.17, 15) is 0 Å². The molecule has 4 nitrogen and oxygen atoms in total. The molecule has 0 saturated carbocycles. The summed E-state index contributed by atoms with van der Waals surface area (Å²) >= 11 is 12.4. The Balaban J connectivity index is 1.84. The predicted molar refractivity (Wildman–Crippen MR) is 119 cm³/mol. The van der Waals surface area contributed by atoms with Gasteiger partial charge in [-0.05, 0) is 48.5 Å². The number of hydrogen-bond acceptors (Lipinski definition) is 4. The first-order valence-corrected chi connectivity index (χ1v) is 9.53. The van der Waals surface area contributed by atoms with E-state index >= 15 is 0 Å². The number of benzene rings is 3. The molecule has 0 atom stereocenters. The largest absolute Gasteiger partial charge is 0.378 e. The molecule has 140 valence electrons. The lowest BCUT2D eigenvalue weighted by molar-refractivity contribution is 1.13. The molecule has 0 saturated heterocycles. The first-order valence-electron chi connectivity index (χ1n) is 8.78. The molecular formula is C22H18Cl2N4. The Kier molecular flexibility index (Phi) is 5.07. The first kappa shape index (κ1) is 18.5. The third kappa shape index (κ3) is 3.75. The average molecular weight is 409 g/mol. The summed E-state index contributed by atoms with van der Waals surface area (Å²) in [6, 6.07) is 21.4. The van der Waals surface area contributed by atoms with Crippen LogP contribution >= 0.6 is 23.2 Å². The maximum absolute atomic E-state index is 6.39. The van der Waals surface area contributed by atoms with Crippen LogP contribution in [0.5, 0.6) is 0 Å². The van der Waals surface area contributed by atoms with Crippen molar-refractivity contribution in [3.8, 4) is 11.4 Å². The molecule has 6 heteroatoms. The van der Waals surface area contributed by atoms with Crippen molar-refractivity contribution in [2.45, 2.75) is 0 Å². The van der Waals surface area contributed by atoms with Gasteiger partial charge < -0.3 is 10.2 Å². The fourth-order valence-electron chi connectivity index (χ4n) is 2.96. The molecule has 0 bridgehead atoms. The summed E-state index contributed by atoms with van der Waals surface area (Å²) in [5.41, 5.74) is 3.62. The molecule has 28 heavy (non-hydrogen) atoms. The molecule has 0 spiro atoms. The van der Waals surface area contributed by atoms with Crippen LogP contribution in [0.25, 0.3) is 22.3 Å². The number of para-hydroxylation sites is 1. The smallest absolute Gasteiger partial charge is 0.163 e. The summed E-state index contributed by atoms with van der Waals surface area (Å²) in [7, 11) is 4.03. The molecule has 0 unspecified atom stereocenters. The Labute approximate surface area is 173 Å². The van der Waals surface area contributed by atoms with E-state index in [1.165, 1.54) is 0 Å². The van der Waals surface area contributed by atoms with Crippen LogP contribution in [0.15, 0.2) is 66.7 Å². The van der Waals surface area contributed by atoms with Gasteiger partial charge in [0.25, 0.3) is 0 Å². The van der Waals surface area contributed by atoms with Crippen LogP contribution in [0.3, 0.4) is 0 Å². The fraction of sp³-hybridized carbons (Fsp3) is 0.0909. The zero-order valence-electron chi connectivity index (χ0n) is 15.4. The lowest BCUT2D eigenvalue weighted by Crippen LogP contribution is -2.08. The minimum absolute atomic E-state index is 0.517. The Hall–Kier alpha value is -2.82. The van der Waals surface area contributed by atoms with Gasteiger partial charge in [-0.2, -0.15) is 0 Å². The summed E-state index contributed by atoms with van der Waals surface area (Å²) in [5.74, 6) is 1.27. The van der Waals surface area contributed by atoms with Gasteiger partial charge in [-0.25, -0.2) is 9.97 Å². The van der Waals surface area contributed by atoms with Crippen LogP contribution in [0.4, 0.5) is 17.2 Å². The van der Waals surface area contributed by atoms with Gasteiger partial charge >= 0.3 is 0 Å². The van der Waals surface area contributed by atoms with E-state index < -0.39 is 0 Å². The van der Waals surface area contributed by atoms with Crippen molar-refractivity contribution >= 4 is 51.3 Å². The number of rotatable bonds is 4. The molecule has 0 radical (unpaired) electrons. The molecule has 0 amide bonds. The van der Waals surface area contributed by atoms with Gasteiger partial charge in [-0.15, -0.1) is 0 Å². The molecule has 1 aromatic heterocycles. The second-order valence-electron chi connectivity index (χ2n) is 6.61. The van der Waals surface area contributed by atoms with Crippen LogP contribution < -0.4 is 10.2 Å². The quantitative estimate of drug-likeness (QED) is 0.423. The highest BCUT2D eigenvalue weighted by Gasteiger charge is 2.13. The second kappa shape index (κ2) is 7.66. The van der Waals surface area contributed by atoms with E-state index in [4.69, 9.17) is 33.2 Å². The summed E-state index contributed by atoms with van der Waals surface area (Å²) < 4.78 is 0. The molecule has 1 N–H and O–H groups in total. The number of fused-ring (bicyclic) bond motifs is 1. The van der Waals surface area contributed by atoms with Gasteiger partial charge in [-0.3, -0.25) is 0 Å². The van der Waals surface area contributed by atoms with Gasteiger partial charge in [0.05, 0.1) is 10.5 Å². The van der Waals surface area contributed by atoms with Gasteiger partial charge in [0, 0.05) is 41.4 Å². The van der Waals surface area contributed by atoms with Gasteiger partial charge in [0.15, 0.2) is 5.82 Å². The van der Waals surface area contributed by atoms with Crippen LogP contribution in [0.1, 0.15) is 0 Å². The number of anilines is 3. The molecule has 0 aliphatic carbocycles. The van der Waals surface area contributed by atoms with Crippen molar-refractivity contribution in [3.63, 3.8) is 0 Å². The van der Waals surface area contributed by atoms with Crippen molar-refractivity contribution in [2.75, 3.05) is 24.3 Å². The van der Waals surface area contributed by atoms with Crippen molar-refractivity contribution in [1.29, 1.82) is 0 Å². The lowest BCUT2D eigenvalue weighted by atomic mass is 10.1. The average Bonchev–Trinajstić information content (AvgIpc) is 2.68. The maximum atomic E-state index is 6.39. The number of nitrogens with zero attached hydrogens (tertiary/aromatic N) is 3. The molecule has 1 heterocycles. The van der Waals surface area contributed by atoms with E-state index in [0.29, 0.717) is 15.9 Å². The Morgan fingerprint density at radius 2 is 1.68 bits per heavy atom. The molecule has 0 aliphatic heterocycles. The van der Waals surface area contributed by atoms with Crippen LogP contribution in [0, 0.1) is 0 Å². The highest BCUT2D eigenvalue weighted by Crippen LogP contribution is 2.32. The lowest BCUT2D eigenvalue weighted by Gasteiger charge is -2.15. The highest BCUT2D eigenvalue weighted by atomic mass is 35.5. The van der Waals surface area contributed by atoms with Crippen LogP contribution in [0.2, 0.25) is 10.0 Å². The standard InChI is InChI=1S/C22H18Cl2N4/c1-28(2)16-7-5-6-15(13-16)25-22-18-8-3-4-9-20(18)26-21(27-22)17-11-10-14(23)12-19(17)24/h3-13H,1-2H3,(H,25,26,27). The molecule has 0 fully saturated rings. The van der Waals surface area contributed by atoms with E-state index in [0.717, 1.165) is 33.7 Å². The summed E-state index contributed by atoms with van der Waals surface area (Å²) in [6.07, 6.45) is 0.